The van der Waals surface area contributed by atoms with Gasteiger partial charge in [0.2, 0.25) is 5.91 Å². The Kier molecular flexibility index (Phi) is 10.2. The number of amides is 1. The average Bonchev–Trinajstić information content (AvgIpc) is 2.33. The molecule has 0 aromatic carbocycles. The van der Waals surface area contributed by atoms with Crippen molar-refractivity contribution in [3.8, 4) is 0 Å². The van der Waals surface area contributed by atoms with E-state index < -0.39 is 0 Å². The van der Waals surface area contributed by atoms with Gasteiger partial charge in [-0.05, 0) is 19.3 Å². The van der Waals surface area contributed by atoms with Crippen molar-refractivity contribution >= 4 is 5.91 Å². The van der Waals surface area contributed by atoms with Crippen LogP contribution in [0.3, 0.4) is 0 Å². The molecule has 17 heavy (non-hydrogen) atoms. The van der Waals surface area contributed by atoms with Gasteiger partial charge in [-0.25, -0.2) is 0 Å². The first-order valence-electron chi connectivity index (χ1n) is 6.69. The second-order valence-corrected chi connectivity index (χ2v) is 4.40. The molecule has 0 heterocycles. The van der Waals surface area contributed by atoms with Gasteiger partial charge in [-0.3, -0.25) is 4.79 Å². The molecule has 0 saturated carbocycles. The van der Waals surface area contributed by atoms with Crippen LogP contribution in [-0.4, -0.2) is 38.3 Å². The largest absolute Gasteiger partial charge is 0.383 e. The molecule has 0 aliphatic carbocycles. The van der Waals surface area contributed by atoms with Crippen molar-refractivity contribution in [2.75, 3.05) is 20.3 Å². The minimum atomic E-state index is 0.0795. The Hall–Kier alpha value is -0.610. The summed E-state index contributed by atoms with van der Waals surface area (Å²) in [4.78, 5) is 11.7. The highest BCUT2D eigenvalue weighted by Crippen LogP contribution is 1.98. The highest BCUT2D eigenvalue weighted by Gasteiger charge is 2.11. The molecule has 0 radical (unpaired) electrons. The number of rotatable bonds is 10. The highest BCUT2D eigenvalue weighted by atomic mass is 16.5. The van der Waals surface area contributed by atoms with Crippen molar-refractivity contribution in [2.24, 2.45) is 0 Å². The summed E-state index contributed by atoms with van der Waals surface area (Å²) in [6.45, 7) is 7.35. The van der Waals surface area contributed by atoms with Gasteiger partial charge < -0.3 is 15.4 Å². The third-order valence-electron chi connectivity index (χ3n) is 2.91. The molecule has 0 fully saturated rings. The fourth-order valence-electron chi connectivity index (χ4n) is 1.80. The van der Waals surface area contributed by atoms with Crippen LogP contribution in [0.1, 0.15) is 46.5 Å². The second-order valence-electron chi connectivity index (χ2n) is 4.40. The first kappa shape index (κ1) is 16.4. The van der Waals surface area contributed by atoms with E-state index >= 15 is 0 Å². The molecule has 0 aliphatic rings. The van der Waals surface area contributed by atoms with E-state index in [1.165, 1.54) is 0 Å². The van der Waals surface area contributed by atoms with Gasteiger partial charge in [0.25, 0.3) is 0 Å². The molecule has 1 atom stereocenters. The molecule has 102 valence electrons. The molecule has 0 aromatic heterocycles. The lowest BCUT2D eigenvalue weighted by Crippen LogP contribution is -2.44. The van der Waals surface area contributed by atoms with Crippen LogP contribution in [-0.2, 0) is 9.53 Å². The van der Waals surface area contributed by atoms with Gasteiger partial charge in [0.15, 0.2) is 0 Å². The molecule has 0 saturated heterocycles. The molecular formula is C13H28N2O2. The smallest absolute Gasteiger partial charge is 0.234 e. The van der Waals surface area contributed by atoms with E-state index in [9.17, 15) is 4.79 Å². The topological polar surface area (TPSA) is 50.4 Å². The first-order chi connectivity index (χ1) is 8.17. The van der Waals surface area contributed by atoms with Crippen LogP contribution in [0.15, 0.2) is 0 Å². The Balaban J connectivity index is 3.86. The lowest BCUT2D eigenvalue weighted by molar-refractivity contribution is -0.121. The normalized spacial score (nSPS) is 12.8. The maximum atomic E-state index is 11.7. The summed E-state index contributed by atoms with van der Waals surface area (Å²) in [5, 5.41) is 6.25. The lowest BCUT2D eigenvalue weighted by atomic mass is 10.1. The van der Waals surface area contributed by atoms with Crippen LogP contribution >= 0.6 is 0 Å². The van der Waals surface area contributed by atoms with Crippen molar-refractivity contribution in [2.45, 2.75) is 58.5 Å². The molecule has 2 N–H and O–H groups in total. The summed E-state index contributed by atoms with van der Waals surface area (Å²) in [6.07, 6.45) is 4.10. The molecular weight excluding hydrogens is 216 g/mol. The van der Waals surface area contributed by atoms with Crippen molar-refractivity contribution in [1.82, 2.24) is 10.6 Å². The van der Waals surface area contributed by atoms with Crippen molar-refractivity contribution in [3.63, 3.8) is 0 Å². The maximum Gasteiger partial charge on any atom is 0.234 e. The van der Waals surface area contributed by atoms with E-state index in [1.54, 1.807) is 7.11 Å². The zero-order chi connectivity index (χ0) is 13.1. The van der Waals surface area contributed by atoms with E-state index in [-0.39, 0.29) is 11.9 Å². The summed E-state index contributed by atoms with van der Waals surface area (Å²) in [5.41, 5.74) is 0. The van der Waals surface area contributed by atoms with Crippen molar-refractivity contribution < 1.29 is 9.53 Å². The zero-order valence-corrected chi connectivity index (χ0v) is 11.7. The van der Waals surface area contributed by atoms with E-state index in [4.69, 9.17) is 4.74 Å². The number of ether oxygens (including phenoxy) is 1. The number of methoxy groups -OCH3 is 1. The first-order valence-corrected chi connectivity index (χ1v) is 6.69. The molecule has 0 aliphatic heterocycles. The quantitative estimate of drug-likeness (QED) is 0.615. The van der Waals surface area contributed by atoms with Crippen LogP contribution < -0.4 is 10.6 Å². The van der Waals surface area contributed by atoms with E-state index in [0.29, 0.717) is 19.2 Å². The summed E-state index contributed by atoms with van der Waals surface area (Å²) in [6, 6.07) is 0.578. The fourth-order valence-corrected chi connectivity index (χ4v) is 1.80. The lowest BCUT2D eigenvalue weighted by Gasteiger charge is -2.19. The predicted molar refractivity (Wildman–Crippen MR) is 71.1 cm³/mol. The zero-order valence-electron chi connectivity index (χ0n) is 11.7. The Morgan fingerprint density at radius 2 is 1.82 bits per heavy atom. The molecule has 4 heteroatoms. The van der Waals surface area contributed by atoms with Gasteiger partial charge in [0.05, 0.1) is 13.2 Å². The summed E-state index contributed by atoms with van der Waals surface area (Å²) >= 11 is 0. The summed E-state index contributed by atoms with van der Waals surface area (Å²) in [5.74, 6) is 0.0795. The number of carbonyl (C=O) groups is 1. The number of hydrogen-bond acceptors (Lipinski definition) is 3. The van der Waals surface area contributed by atoms with E-state index in [1.807, 2.05) is 0 Å². The number of hydrogen-bond donors (Lipinski definition) is 2. The van der Waals surface area contributed by atoms with Gasteiger partial charge in [0.1, 0.15) is 0 Å². The van der Waals surface area contributed by atoms with E-state index in [2.05, 4.69) is 31.4 Å². The fraction of sp³-hybridized carbons (Fsp3) is 0.923. The molecule has 0 bridgehead atoms. The SMILES string of the molecule is CCCC(COC)NCC(=O)NC(CC)CC. The molecule has 4 nitrogen and oxygen atoms in total. The van der Waals surface area contributed by atoms with Gasteiger partial charge in [-0.1, -0.05) is 27.2 Å². The molecule has 0 aromatic rings. The Labute approximate surface area is 105 Å². The van der Waals surface area contributed by atoms with Crippen LogP contribution in [0, 0.1) is 0 Å². The van der Waals surface area contributed by atoms with Gasteiger partial charge >= 0.3 is 0 Å². The molecule has 0 spiro atoms. The second kappa shape index (κ2) is 10.5. The molecule has 1 amide bonds. The molecule has 0 rings (SSSR count). The summed E-state index contributed by atoms with van der Waals surface area (Å²) < 4.78 is 5.12. The minimum Gasteiger partial charge on any atom is -0.383 e. The maximum absolute atomic E-state index is 11.7. The van der Waals surface area contributed by atoms with E-state index in [0.717, 1.165) is 25.7 Å². The number of nitrogens with one attached hydrogen (secondary N) is 2. The number of carbonyl (C=O) groups excluding carboxylic acids is 1. The van der Waals surface area contributed by atoms with Crippen LogP contribution in [0.2, 0.25) is 0 Å². The Bertz CT molecular complexity index is 188. The minimum absolute atomic E-state index is 0.0795. The van der Waals surface area contributed by atoms with Gasteiger partial charge in [-0.15, -0.1) is 0 Å². The van der Waals surface area contributed by atoms with Gasteiger partial charge in [-0.2, -0.15) is 0 Å². The third kappa shape index (κ3) is 8.16. The monoisotopic (exact) mass is 244 g/mol. The van der Waals surface area contributed by atoms with Crippen LogP contribution in [0.4, 0.5) is 0 Å². The van der Waals surface area contributed by atoms with Crippen LogP contribution in [0.5, 0.6) is 0 Å². The average molecular weight is 244 g/mol. The highest BCUT2D eigenvalue weighted by molar-refractivity contribution is 5.78. The predicted octanol–water partition coefficient (Wildman–Crippen LogP) is 1.70. The molecule has 1 unspecified atom stereocenters. The van der Waals surface area contributed by atoms with Crippen LogP contribution in [0.25, 0.3) is 0 Å². The van der Waals surface area contributed by atoms with Crippen molar-refractivity contribution in [1.29, 1.82) is 0 Å². The van der Waals surface area contributed by atoms with Gasteiger partial charge in [0, 0.05) is 19.2 Å². The standard InChI is InChI=1S/C13H28N2O2/c1-5-8-12(10-17-4)14-9-13(16)15-11(6-2)7-3/h11-12,14H,5-10H2,1-4H3,(H,15,16). The Morgan fingerprint density at radius 3 is 2.29 bits per heavy atom. The Morgan fingerprint density at radius 1 is 1.18 bits per heavy atom. The summed E-state index contributed by atoms with van der Waals surface area (Å²) in [7, 11) is 1.69. The van der Waals surface area contributed by atoms with Crippen molar-refractivity contribution in [3.05, 3.63) is 0 Å². The third-order valence-corrected chi connectivity index (χ3v) is 2.91.